The first-order valence-corrected chi connectivity index (χ1v) is 14.1. The smallest absolute Gasteiger partial charge is 0.243 e. The van der Waals surface area contributed by atoms with Gasteiger partial charge >= 0.3 is 0 Å². The molecular weight excluding hydrogens is 506 g/mol. The fourth-order valence-corrected chi connectivity index (χ4v) is 6.89. The van der Waals surface area contributed by atoms with Crippen LogP contribution in [0.4, 0.5) is 5.13 Å². The summed E-state index contributed by atoms with van der Waals surface area (Å²) in [5.41, 5.74) is 7.37. The Labute approximate surface area is 203 Å². The van der Waals surface area contributed by atoms with Crippen molar-refractivity contribution in [2.75, 3.05) is 31.1 Å². The van der Waals surface area contributed by atoms with Gasteiger partial charge in [-0.25, -0.2) is 13.4 Å². The van der Waals surface area contributed by atoms with Gasteiger partial charge in [0.2, 0.25) is 10.0 Å². The van der Waals surface area contributed by atoms with Gasteiger partial charge in [-0.05, 0) is 55.2 Å². The van der Waals surface area contributed by atoms with Crippen molar-refractivity contribution in [3.05, 3.63) is 75.3 Å². The monoisotopic (exact) mass is 533 g/mol. The zero-order chi connectivity index (χ0) is 22.9. The predicted molar refractivity (Wildman–Crippen MR) is 136 cm³/mol. The molecule has 1 aromatic heterocycles. The van der Waals surface area contributed by atoms with Gasteiger partial charge in [-0.15, -0.1) is 11.3 Å². The maximum absolute atomic E-state index is 13.0. The summed E-state index contributed by atoms with van der Waals surface area (Å²) in [7, 11) is -3.47. The Kier molecular flexibility index (Phi) is 7.05. The van der Waals surface area contributed by atoms with Gasteiger partial charge in [0.15, 0.2) is 5.13 Å². The Balaban J connectivity index is 1.41. The molecule has 0 unspecified atom stereocenters. The van der Waals surface area contributed by atoms with E-state index in [1.54, 1.807) is 27.8 Å². The third kappa shape index (κ3) is 4.93. The van der Waals surface area contributed by atoms with E-state index in [4.69, 9.17) is 4.98 Å². The Bertz CT molecular complexity index is 1180. The molecule has 0 aliphatic carbocycles. The third-order valence-electron chi connectivity index (χ3n) is 5.96. The molecule has 170 valence electrons. The SMILES string of the molecule is Cc1cc(C)c(Cc2csc(N3CCN(S(=O)(=O)c4ccc(CBr)cc4)CC3)n2)c(C)c1. The van der Waals surface area contributed by atoms with Gasteiger partial charge in [-0.1, -0.05) is 45.8 Å². The predicted octanol–water partition coefficient (Wildman–Crippen LogP) is 5.06. The van der Waals surface area contributed by atoms with E-state index in [1.807, 2.05) is 12.1 Å². The topological polar surface area (TPSA) is 53.5 Å². The normalized spacial score (nSPS) is 15.3. The minimum Gasteiger partial charge on any atom is -0.345 e. The number of piperazine rings is 1. The number of nitrogens with zero attached hydrogens (tertiary/aromatic N) is 3. The van der Waals surface area contributed by atoms with Crippen molar-refractivity contribution in [2.45, 2.75) is 37.4 Å². The molecule has 2 aromatic carbocycles. The van der Waals surface area contributed by atoms with Gasteiger partial charge in [0.1, 0.15) is 0 Å². The molecule has 0 N–H and O–H groups in total. The van der Waals surface area contributed by atoms with Crippen molar-refractivity contribution in [1.29, 1.82) is 0 Å². The molecule has 5 nitrogen and oxygen atoms in total. The van der Waals surface area contributed by atoms with Crippen molar-refractivity contribution in [3.8, 4) is 0 Å². The molecule has 1 aliphatic rings. The molecule has 8 heteroatoms. The minimum absolute atomic E-state index is 0.357. The highest BCUT2D eigenvalue weighted by Gasteiger charge is 2.29. The number of sulfonamides is 1. The average Bonchev–Trinajstić information content (AvgIpc) is 3.25. The van der Waals surface area contributed by atoms with Crippen molar-refractivity contribution in [3.63, 3.8) is 0 Å². The van der Waals surface area contributed by atoms with Crippen LogP contribution < -0.4 is 4.90 Å². The summed E-state index contributed by atoms with van der Waals surface area (Å²) in [5.74, 6) is 0. The lowest BCUT2D eigenvalue weighted by Gasteiger charge is -2.33. The first kappa shape index (κ1) is 23.4. The molecular formula is C24H28BrN3O2S2. The molecule has 2 heterocycles. The fourth-order valence-electron chi connectivity index (χ4n) is 4.21. The van der Waals surface area contributed by atoms with Crippen LogP contribution in [0, 0.1) is 20.8 Å². The lowest BCUT2D eigenvalue weighted by atomic mass is 9.96. The van der Waals surface area contributed by atoms with Gasteiger partial charge < -0.3 is 4.90 Å². The average molecular weight is 535 g/mol. The third-order valence-corrected chi connectivity index (χ3v) is 9.47. The highest BCUT2D eigenvalue weighted by atomic mass is 79.9. The number of aryl methyl sites for hydroxylation is 3. The molecule has 3 aromatic rings. The van der Waals surface area contributed by atoms with Gasteiger partial charge in [-0.3, -0.25) is 0 Å². The van der Waals surface area contributed by atoms with Gasteiger partial charge in [0.25, 0.3) is 0 Å². The molecule has 0 radical (unpaired) electrons. The van der Waals surface area contributed by atoms with Crippen molar-refractivity contribution >= 4 is 42.4 Å². The summed E-state index contributed by atoms with van der Waals surface area (Å²) in [6.07, 6.45) is 0.827. The summed E-state index contributed by atoms with van der Waals surface area (Å²) < 4.78 is 27.6. The summed E-state index contributed by atoms with van der Waals surface area (Å²) >= 11 is 5.04. The standard InChI is InChI=1S/C24H28BrN3O2S2/c1-17-12-18(2)23(19(3)13-17)14-21-16-31-24(26-21)27-8-10-28(11-9-27)32(29,30)22-6-4-20(15-25)5-7-22/h4-7,12-13,16H,8-11,14-15H2,1-3H3. The number of hydrogen-bond acceptors (Lipinski definition) is 5. The van der Waals surface area contributed by atoms with Crippen molar-refractivity contribution in [1.82, 2.24) is 9.29 Å². The molecule has 0 bridgehead atoms. The van der Waals surface area contributed by atoms with Crippen LogP contribution in [0.5, 0.6) is 0 Å². The van der Waals surface area contributed by atoms with E-state index in [0.29, 0.717) is 36.4 Å². The fraction of sp³-hybridized carbons (Fsp3) is 0.375. The molecule has 0 atom stereocenters. The quantitative estimate of drug-likeness (QED) is 0.415. The highest BCUT2D eigenvalue weighted by molar-refractivity contribution is 9.08. The molecule has 1 fully saturated rings. The number of benzene rings is 2. The van der Waals surface area contributed by atoms with Gasteiger partial charge in [0.05, 0.1) is 10.6 Å². The number of anilines is 1. The van der Waals surface area contributed by atoms with Crippen LogP contribution in [0.25, 0.3) is 0 Å². The Hall–Kier alpha value is -1.74. The van der Waals surface area contributed by atoms with Gasteiger partial charge in [0, 0.05) is 43.3 Å². The highest BCUT2D eigenvalue weighted by Crippen LogP contribution is 2.27. The van der Waals surface area contributed by atoms with Gasteiger partial charge in [-0.2, -0.15) is 4.31 Å². The Morgan fingerprint density at radius 1 is 1.00 bits per heavy atom. The van der Waals surface area contributed by atoms with Crippen molar-refractivity contribution < 1.29 is 8.42 Å². The van der Waals surface area contributed by atoms with E-state index < -0.39 is 10.0 Å². The number of rotatable bonds is 6. The minimum atomic E-state index is -3.47. The summed E-state index contributed by atoms with van der Waals surface area (Å²) in [4.78, 5) is 7.43. The summed E-state index contributed by atoms with van der Waals surface area (Å²) in [5, 5.41) is 3.81. The van der Waals surface area contributed by atoms with E-state index in [1.165, 1.54) is 22.3 Å². The van der Waals surface area contributed by atoms with E-state index in [-0.39, 0.29) is 0 Å². The van der Waals surface area contributed by atoms with Crippen LogP contribution in [0.2, 0.25) is 0 Å². The molecule has 1 saturated heterocycles. The van der Waals surface area contributed by atoms with E-state index in [0.717, 1.165) is 22.8 Å². The lowest BCUT2D eigenvalue weighted by Crippen LogP contribution is -2.48. The van der Waals surface area contributed by atoms with E-state index >= 15 is 0 Å². The Morgan fingerprint density at radius 3 is 2.22 bits per heavy atom. The second-order valence-electron chi connectivity index (χ2n) is 8.34. The van der Waals surface area contributed by atoms with Crippen LogP contribution in [0.1, 0.15) is 33.5 Å². The number of alkyl halides is 1. The number of thiazole rings is 1. The van der Waals surface area contributed by atoms with Crippen LogP contribution in [0.15, 0.2) is 46.7 Å². The lowest BCUT2D eigenvalue weighted by molar-refractivity contribution is 0.384. The molecule has 4 rings (SSSR count). The maximum atomic E-state index is 13.0. The summed E-state index contributed by atoms with van der Waals surface area (Å²) in [6.45, 7) is 8.68. The molecule has 32 heavy (non-hydrogen) atoms. The second kappa shape index (κ2) is 9.63. The van der Waals surface area contributed by atoms with E-state index in [9.17, 15) is 8.42 Å². The molecule has 0 amide bonds. The van der Waals surface area contributed by atoms with Crippen LogP contribution >= 0.6 is 27.3 Å². The Morgan fingerprint density at radius 2 is 1.62 bits per heavy atom. The second-order valence-corrected chi connectivity index (χ2v) is 11.7. The zero-order valence-electron chi connectivity index (χ0n) is 18.6. The number of halogens is 1. The zero-order valence-corrected chi connectivity index (χ0v) is 21.9. The number of hydrogen-bond donors (Lipinski definition) is 0. The first-order chi connectivity index (χ1) is 15.3. The molecule has 0 spiro atoms. The van der Waals surface area contributed by atoms with Crippen LogP contribution in [-0.2, 0) is 21.8 Å². The first-order valence-electron chi connectivity index (χ1n) is 10.7. The largest absolute Gasteiger partial charge is 0.345 e. The van der Waals surface area contributed by atoms with Crippen molar-refractivity contribution in [2.24, 2.45) is 0 Å². The molecule has 0 saturated carbocycles. The van der Waals surface area contributed by atoms with Crippen LogP contribution in [0.3, 0.4) is 0 Å². The summed E-state index contributed by atoms with van der Waals surface area (Å²) in [6, 6.07) is 11.5. The molecule has 1 aliphatic heterocycles. The van der Waals surface area contributed by atoms with E-state index in [2.05, 4.69) is 59.1 Å². The number of aromatic nitrogens is 1. The van der Waals surface area contributed by atoms with Crippen LogP contribution in [-0.4, -0.2) is 43.9 Å². The maximum Gasteiger partial charge on any atom is 0.243 e.